The maximum atomic E-state index is 10.1. The van der Waals surface area contributed by atoms with Crippen molar-refractivity contribution >= 4 is 22.6 Å². The predicted octanol–water partition coefficient (Wildman–Crippen LogP) is 2.59. The highest BCUT2D eigenvalue weighted by Crippen LogP contribution is 2.21. The summed E-state index contributed by atoms with van der Waals surface area (Å²) in [6.45, 7) is 2.84. The molecule has 1 aromatic heterocycles. The molecule has 1 aromatic carbocycles. The van der Waals surface area contributed by atoms with Crippen molar-refractivity contribution in [2.45, 2.75) is 19.6 Å². The van der Waals surface area contributed by atoms with E-state index in [1.54, 1.807) is 6.20 Å². The molecule has 0 saturated heterocycles. The van der Waals surface area contributed by atoms with E-state index < -0.39 is 6.10 Å². The van der Waals surface area contributed by atoms with Gasteiger partial charge in [-0.05, 0) is 47.2 Å². The molecule has 0 saturated carbocycles. The largest absolute Gasteiger partial charge is 0.384 e. The molecular formula is C12H13IN2O. The van der Waals surface area contributed by atoms with E-state index in [0.29, 0.717) is 0 Å². The van der Waals surface area contributed by atoms with Crippen LogP contribution in [0.1, 0.15) is 24.2 Å². The van der Waals surface area contributed by atoms with Crippen molar-refractivity contribution in [3.8, 4) is 0 Å². The highest BCUT2D eigenvalue weighted by atomic mass is 127. The van der Waals surface area contributed by atoms with Crippen LogP contribution >= 0.6 is 22.6 Å². The maximum absolute atomic E-state index is 10.1. The van der Waals surface area contributed by atoms with Gasteiger partial charge in [0.1, 0.15) is 6.10 Å². The highest BCUT2D eigenvalue weighted by Gasteiger charge is 2.11. The first-order valence-electron chi connectivity index (χ1n) is 5.16. The van der Waals surface area contributed by atoms with Gasteiger partial charge in [0.05, 0.1) is 6.20 Å². The van der Waals surface area contributed by atoms with Gasteiger partial charge in [-0.2, -0.15) is 5.10 Å². The first-order chi connectivity index (χ1) is 7.70. The molecule has 0 amide bonds. The number of hydrogen-bond donors (Lipinski definition) is 1. The zero-order valence-electron chi connectivity index (χ0n) is 8.97. The summed E-state index contributed by atoms with van der Waals surface area (Å²) in [7, 11) is 0. The van der Waals surface area contributed by atoms with Crippen molar-refractivity contribution in [2.24, 2.45) is 0 Å². The summed E-state index contributed by atoms with van der Waals surface area (Å²) in [6, 6.07) is 7.86. The summed E-state index contributed by atoms with van der Waals surface area (Å²) in [4.78, 5) is 0. The molecule has 0 radical (unpaired) electrons. The van der Waals surface area contributed by atoms with Crippen LogP contribution in [0.25, 0.3) is 0 Å². The third-order valence-corrected chi connectivity index (χ3v) is 3.20. The molecule has 1 unspecified atom stereocenters. The van der Waals surface area contributed by atoms with Crippen molar-refractivity contribution in [1.29, 1.82) is 0 Å². The van der Waals surface area contributed by atoms with Gasteiger partial charge in [-0.15, -0.1) is 0 Å². The van der Waals surface area contributed by atoms with Crippen LogP contribution in [0, 0.1) is 3.57 Å². The first kappa shape index (κ1) is 11.6. The summed E-state index contributed by atoms with van der Waals surface area (Å²) in [5, 5.41) is 14.3. The van der Waals surface area contributed by atoms with Gasteiger partial charge in [-0.1, -0.05) is 12.1 Å². The third kappa shape index (κ3) is 2.44. The fourth-order valence-electron chi connectivity index (χ4n) is 1.53. The van der Waals surface area contributed by atoms with E-state index in [1.165, 1.54) is 0 Å². The van der Waals surface area contributed by atoms with Crippen LogP contribution in [0.4, 0.5) is 0 Å². The fraction of sp³-hybridized carbons (Fsp3) is 0.250. The lowest BCUT2D eigenvalue weighted by Crippen LogP contribution is -1.98. The first-order valence-corrected chi connectivity index (χ1v) is 6.24. The van der Waals surface area contributed by atoms with E-state index in [4.69, 9.17) is 0 Å². The van der Waals surface area contributed by atoms with Crippen molar-refractivity contribution in [3.63, 3.8) is 0 Å². The van der Waals surface area contributed by atoms with Crippen LogP contribution in [0.2, 0.25) is 0 Å². The molecule has 3 nitrogen and oxygen atoms in total. The number of nitrogens with zero attached hydrogens (tertiary/aromatic N) is 2. The number of aromatic nitrogens is 2. The molecule has 16 heavy (non-hydrogen) atoms. The topological polar surface area (TPSA) is 38.0 Å². The van der Waals surface area contributed by atoms with Gasteiger partial charge in [0.2, 0.25) is 0 Å². The van der Waals surface area contributed by atoms with Gasteiger partial charge in [0.25, 0.3) is 0 Å². The average Bonchev–Trinajstić information content (AvgIpc) is 2.77. The Hall–Kier alpha value is -0.880. The molecule has 0 aliphatic rings. The molecule has 1 heterocycles. The minimum absolute atomic E-state index is 0.586. The van der Waals surface area contributed by atoms with Crippen molar-refractivity contribution in [2.75, 3.05) is 0 Å². The summed E-state index contributed by atoms with van der Waals surface area (Å²) >= 11 is 2.25. The molecule has 2 aromatic rings. The van der Waals surface area contributed by atoms with Gasteiger partial charge >= 0.3 is 0 Å². The summed E-state index contributed by atoms with van der Waals surface area (Å²) in [5.74, 6) is 0. The third-order valence-electron chi connectivity index (χ3n) is 2.48. The molecule has 0 bridgehead atoms. The summed E-state index contributed by atoms with van der Waals surface area (Å²) in [5.41, 5.74) is 1.74. The average molecular weight is 328 g/mol. The van der Waals surface area contributed by atoms with Crippen LogP contribution < -0.4 is 0 Å². The monoisotopic (exact) mass is 328 g/mol. The lowest BCUT2D eigenvalue weighted by Gasteiger charge is -2.08. The van der Waals surface area contributed by atoms with E-state index in [1.807, 2.05) is 42.1 Å². The number of aryl methyl sites for hydroxylation is 1. The zero-order valence-corrected chi connectivity index (χ0v) is 11.1. The quantitative estimate of drug-likeness (QED) is 0.880. The molecule has 0 aliphatic heterocycles. The van der Waals surface area contributed by atoms with Gasteiger partial charge in [0.15, 0.2) is 0 Å². The number of aliphatic hydroxyl groups is 1. The van der Waals surface area contributed by atoms with E-state index in [-0.39, 0.29) is 0 Å². The second-order valence-corrected chi connectivity index (χ2v) is 4.83. The SMILES string of the molecule is CCn1cc(C(O)c2ccc(I)cc2)cn1. The normalized spacial score (nSPS) is 12.7. The maximum Gasteiger partial charge on any atom is 0.107 e. The predicted molar refractivity (Wildman–Crippen MR) is 71.1 cm³/mol. The van der Waals surface area contributed by atoms with Crippen LogP contribution in [0.5, 0.6) is 0 Å². The Bertz CT molecular complexity index is 464. The van der Waals surface area contributed by atoms with Crippen LogP contribution in [-0.4, -0.2) is 14.9 Å². The Labute approximate surface area is 108 Å². The lowest BCUT2D eigenvalue weighted by molar-refractivity contribution is 0.220. The fourth-order valence-corrected chi connectivity index (χ4v) is 1.89. The van der Waals surface area contributed by atoms with Gasteiger partial charge in [0, 0.05) is 21.9 Å². The lowest BCUT2D eigenvalue weighted by atomic mass is 10.1. The summed E-state index contributed by atoms with van der Waals surface area (Å²) < 4.78 is 2.98. The van der Waals surface area contributed by atoms with Gasteiger partial charge in [-0.25, -0.2) is 0 Å². The Kier molecular flexibility index (Phi) is 3.60. The van der Waals surface area contributed by atoms with E-state index in [9.17, 15) is 5.11 Å². The van der Waals surface area contributed by atoms with Crippen molar-refractivity contribution in [3.05, 3.63) is 51.4 Å². The smallest absolute Gasteiger partial charge is 0.107 e. The van der Waals surface area contributed by atoms with Crippen LogP contribution in [0.3, 0.4) is 0 Å². The van der Waals surface area contributed by atoms with Gasteiger partial charge < -0.3 is 5.11 Å². The highest BCUT2D eigenvalue weighted by molar-refractivity contribution is 14.1. The number of hydrogen-bond acceptors (Lipinski definition) is 2. The second kappa shape index (κ2) is 4.97. The molecule has 2 rings (SSSR count). The van der Waals surface area contributed by atoms with E-state index in [0.717, 1.165) is 21.2 Å². The van der Waals surface area contributed by atoms with Gasteiger partial charge in [-0.3, -0.25) is 4.68 Å². The van der Waals surface area contributed by atoms with E-state index >= 15 is 0 Å². The second-order valence-electron chi connectivity index (χ2n) is 3.58. The number of benzene rings is 1. The zero-order chi connectivity index (χ0) is 11.5. The minimum Gasteiger partial charge on any atom is -0.384 e. The minimum atomic E-state index is -0.586. The van der Waals surface area contributed by atoms with E-state index in [2.05, 4.69) is 27.7 Å². The van der Waals surface area contributed by atoms with Crippen molar-refractivity contribution in [1.82, 2.24) is 9.78 Å². The molecule has 4 heteroatoms. The van der Waals surface area contributed by atoms with Crippen molar-refractivity contribution < 1.29 is 5.11 Å². The number of rotatable bonds is 3. The Morgan fingerprint density at radius 3 is 2.56 bits per heavy atom. The molecular weight excluding hydrogens is 315 g/mol. The van der Waals surface area contributed by atoms with Crippen LogP contribution in [-0.2, 0) is 6.54 Å². The molecule has 84 valence electrons. The molecule has 0 fully saturated rings. The Morgan fingerprint density at radius 2 is 2.00 bits per heavy atom. The number of halogens is 1. The Morgan fingerprint density at radius 1 is 1.31 bits per heavy atom. The number of aliphatic hydroxyl groups excluding tert-OH is 1. The summed E-state index contributed by atoms with van der Waals surface area (Å²) in [6.07, 6.45) is 3.01. The molecule has 0 spiro atoms. The standard InChI is InChI=1S/C12H13IN2O/c1-2-15-8-10(7-14-15)12(16)9-3-5-11(13)6-4-9/h3-8,12,16H,2H2,1H3. The molecule has 1 atom stereocenters. The molecule has 0 aliphatic carbocycles. The molecule has 1 N–H and O–H groups in total. The Balaban J connectivity index is 2.24. The van der Waals surface area contributed by atoms with Crippen LogP contribution in [0.15, 0.2) is 36.7 Å².